The number of nitrogens with zero attached hydrogens (tertiary/aromatic N) is 4. The van der Waals surface area contributed by atoms with Gasteiger partial charge in [-0.15, -0.1) is 5.10 Å². The highest BCUT2D eigenvalue weighted by atomic mass is 16.5. The molecule has 1 fully saturated rings. The number of hydrogen-bond donors (Lipinski definition) is 2. The van der Waals surface area contributed by atoms with Crippen LogP contribution in [-0.2, 0) is 6.54 Å². The Morgan fingerprint density at radius 2 is 1.75 bits per heavy atom. The van der Waals surface area contributed by atoms with E-state index in [1.54, 1.807) is 13.3 Å². The molecule has 1 aliphatic rings. The molecule has 2 N–H and O–H groups in total. The molecule has 3 aromatic rings. The molecule has 1 saturated heterocycles. The summed E-state index contributed by atoms with van der Waals surface area (Å²) in [6.45, 7) is 2.93. The van der Waals surface area contributed by atoms with Crippen molar-refractivity contribution >= 4 is 23.1 Å². The van der Waals surface area contributed by atoms with Crippen LogP contribution < -0.4 is 20.3 Å². The lowest BCUT2D eigenvalue weighted by Crippen LogP contribution is -2.17. The molecule has 0 unspecified atom stereocenters. The first-order chi connectivity index (χ1) is 13.8. The molecule has 2 heterocycles. The van der Waals surface area contributed by atoms with Crippen molar-refractivity contribution in [3.63, 3.8) is 0 Å². The molecule has 28 heavy (non-hydrogen) atoms. The molecule has 2 aromatic carbocycles. The van der Waals surface area contributed by atoms with Gasteiger partial charge in [0.1, 0.15) is 5.75 Å². The van der Waals surface area contributed by atoms with Crippen LogP contribution in [0, 0.1) is 0 Å². The molecule has 0 spiro atoms. The van der Waals surface area contributed by atoms with Crippen LogP contribution in [-0.4, -0.2) is 35.4 Å². The topological polar surface area (TPSA) is 75.2 Å². The first-order valence-electron chi connectivity index (χ1n) is 9.49. The fourth-order valence-corrected chi connectivity index (χ4v) is 3.24. The maximum atomic E-state index is 5.18. The van der Waals surface area contributed by atoms with Crippen molar-refractivity contribution < 1.29 is 4.74 Å². The quantitative estimate of drug-likeness (QED) is 0.649. The van der Waals surface area contributed by atoms with E-state index in [1.807, 2.05) is 24.3 Å². The maximum Gasteiger partial charge on any atom is 0.249 e. The molecule has 1 aliphatic heterocycles. The van der Waals surface area contributed by atoms with Crippen LogP contribution in [0.5, 0.6) is 5.75 Å². The van der Waals surface area contributed by atoms with E-state index in [2.05, 4.69) is 55.0 Å². The van der Waals surface area contributed by atoms with Crippen molar-refractivity contribution in [2.75, 3.05) is 35.7 Å². The number of anilines is 4. The van der Waals surface area contributed by atoms with E-state index in [9.17, 15) is 0 Å². The average Bonchev–Trinajstić information content (AvgIpc) is 3.28. The molecule has 1 aromatic heterocycles. The molecule has 4 rings (SSSR count). The van der Waals surface area contributed by atoms with E-state index in [-0.39, 0.29) is 0 Å². The Morgan fingerprint density at radius 1 is 1.00 bits per heavy atom. The zero-order valence-corrected chi connectivity index (χ0v) is 15.9. The molecule has 0 bridgehead atoms. The average molecular weight is 376 g/mol. The number of benzene rings is 2. The molecule has 0 atom stereocenters. The third-order valence-electron chi connectivity index (χ3n) is 4.79. The van der Waals surface area contributed by atoms with Crippen LogP contribution in [0.15, 0.2) is 54.7 Å². The van der Waals surface area contributed by atoms with Gasteiger partial charge in [-0.1, -0.05) is 12.1 Å². The van der Waals surface area contributed by atoms with Gasteiger partial charge in [0.25, 0.3) is 0 Å². The Kier molecular flexibility index (Phi) is 5.51. The van der Waals surface area contributed by atoms with Crippen LogP contribution >= 0.6 is 0 Å². The van der Waals surface area contributed by atoms with E-state index in [4.69, 9.17) is 4.74 Å². The first-order valence-corrected chi connectivity index (χ1v) is 9.49. The lowest BCUT2D eigenvalue weighted by Gasteiger charge is -2.17. The van der Waals surface area contributed by atoms with Crippen molar-refractivity contribution in [2.45, 2.75) is 19.4 Å². The maximum absolute atomic E-state index is 5.18. The fraction of sp³-hybridized carbons (Fsp3) is 0.286. The predicted octanol–water partition coefficient (Wildman–Crippen LogP) is 3.84. The van der Waals surface area contributed by atoms with Gasteiger partial charge in [-0.2, -0.15) is 10.1 Å². The largest absolute Gasteiger partial charge is 0.497 e. The monoisotopic (exact) mass is 376 g/mol. The smallest absolute Gasteiger partial charge is 0.249 e. The summed E-state index contributed by atoms with van der Waals surface area (Å²) in [6, 6.07) is 16.3. The second-order valence-electron chi connectivity index (χ2n) is 6.73. The summed E-state index contributed by atoms with van der Waals surface area (Å²) < 4.78 is 5.18. The van der Waals surface area contributed by atoms with E-state index < -0.39 is 0 Å². The van der Waals surface area contributed by atoms with Crippen molar-refractivity contribution in [3.8, 4) is 5.75 Å². The van der Waals surface area contributed by atoms with E-state index in [0.717, 1.165) is 30.1 Å². The van der Waals surface area contributed by atoms with Gasteiger partial charge in [0.15, 0.2) is 5.82 Å². The lowest BCUT2D eigenvalue weighted by molar-refractivity contribution is 0.414. The van der Waals surface area contributed by atoms with Crippen LogP contribution in [0.1, 0.15) is 18.4 Å². The Hall–Kier alpha value is -3.35. The van der Waals surface area contributed by atoms with Crippen molar-refractivity contribution in [2.24, 2.45) is 0 Å². The predicted molar refractivity (Wildman–Crippen MR) is 111 cm³/mol. The highest BCUT2D eigenvalue weighted by Gasteiger charge is 2.12. The molecular weight excluding hydrogens is 352 g/mol. The van der Waals surface area contributed by atoms with E-state index in [0.29, 0.717) is 18.3 Å². The second-order valence-corrected chi connectivity index (χ2v) is 6.73. The number of rotatable bonds is 7. The van der Waals surface area contributed by atoms with Crippen LogP contribution in [0.4, 0.5) is 23.1 Å². The zero-order chi connectivity index (χ0) is 19.2. The molecule has 0 amide bonds. The molecule has 7 heteroatoms. The minimum Gasteiger partial charge on any atom is -0.497 e. The Morgan fingerprint density at radius 3 is 2.46 bits per heavy atom. The Bertz CT molecular complexity index is 892. The first kappa shape index (κ1) is 18.0. The van der Waals surface area contributed by atoms with Crippen molar-refractivity contribution in [1.29, 1.82) is 0 Å². The van der Waals surface area contributed by atoms with Crippen molar-refractivity contribution in [1.82, 2.24) is 15.2 Å². The normalized spacial score (nSPS) is 13.4. The minimum atomic E-state index is 0.466. The molecule has 7 nitrogen and oxygen atoms in total. The molecule has 0 radical (unpaired) electrons. The molecular formula is C21H24N6O. The Labute approximate surface area is 164 Å². The van der Waals surface area contributed by atoms with Gasteiger partial charge >= 0.3 is 0 Å². The summed E-state index contributed by atoms with van der Waals surface area (Å²) >= 11 is 0. The number of methoxy groups -OCH3 is 1. The molecule has 0 saturated carbocycles. The van der Waals surface area contributed by atoms with Crippen LogP contribution in [0.25, 0.3) is 0 Å². The molecule has 0 aliphatic carbocycles. The van der Waals surface area contributed by atoms with Gasteiger partial charge < -0.3 is 20.3 Å². The molecule has 144 valence electrons. The van der Waals surface area contributed by atoms with Gasteiger partial charge in [-0.05, 0) is 54.8 Å². The van der Waals surface area contributed by atoms with Crippen LogP contribution in [0.3, 0.4) is 0 Å². The van der Waals surface area contributed by atoms with Crippen molar-refractivity contribution in [3.05, 3.63) is 60.3 Å². The van der Waals surface area contributed by atoms with E-state index in [1.165, 1.54) is 18.5 Å². The summed E-state index contributed by atoms with van der Waals surface area (Å²) in [7, 11) is 1.66. The summed E-state index contributed by atoms with van der Waals surface area (Å²) in [4.78, 5) is 6.89. The Balaban J connectivity index is 1.36. The summed E-state index contributed by atoms with van der Waals surface area (Å²) in [6.07, 6.45) is 4.16. The zero-order valence-electron chi connectivity index (χ0n) is 15.9. The van der Waals surface area contributed by atoms with Gasteiger partial charge in [0, 0.05) is 31.0 Å². The summed E-state index contributed by atoms with van der Waals surface area (Å²) in [5.41, 5.74) is 3.33. The minimum absolute atomic E-state index is 0.466. The van der Waals surface area contributed by atoms with Gasteiger partial charge in [-0.25, -0.2) is 0 Å². The number of aromatic nitrogens is 3. The van der Waals surface area contributed by atoms with Gasteiger partial charge in [0.2, 0.25) is 5.95 Å². The number of nitrogens with one attached hydrogen (secondary N) is 2. The fourth-order valence-electron chi connectivity index (χ4n) is 3.24. The third-order valence-corrected chi connectivity index (χ3v) is 4.79. The lowest BCUT2D eigenvalue weighted by atomic mass is 10.2. The highest BCUT2D eigenvalue weighted by molar-refractivity contribution is 5.60. The van der Waals surface area contributed by atoms with E-state index >= 15 is 0 Å². The highest BCUT2D eigenvalue weighted by Crippen LogP contribution is 2.23. The number of hydrogen-bond acceptors (Lipinski definition) is 7. The second kappa shape index (κ2) is 8.56. The summed E-state index contributed by atoms with van der Waals surface area (Å²) in [5, 5.41) is 14.6. The number of ether oxygens (including phenoxy) is 1. The van der Waals surface area contributed by atoms with Crippen LogP contribution in [0.2, 0.25) is 0 Å². The SMILES string of the molecule is COc1ccc(CNc2cnnc(Nc3ccc(N4CCCC4)cc3)n2)cc1. The van der Waals surface area contributed by atoms with Gasteiger partial charge in [0.05, 0.1) is 13.3 Å². The standard InChI is InChI=1S/C21H24N6O/c1-28-19-10-4-16(5-11-19)14-22-20-15-23-26-21(25-20)24-17-6-8-18(9-7-17)27-12-2-3-13-27/h4-11,15H,2-3,12-14H2,1H3,(H2,22,24,25,26). The van der Waals surface area contributed by atoms with Gasteiger partial charge in [-0.3, -0.25) is 0 Å². The third kappa shape index (κ3) is 4.49. The summed E-state index contributed by atoms with van der Waals surface area (Å²) in [5.74, 6) is 1.98.